The average Bonchev–Trinajstić information content (AvgIpc) is 1.98. The molecule has 0 bridgehead atoms. The van der Waals surface area contributed by atoms with Crippen LogP contribution in [0.4, 0.5) is 8.78 Å². The second kappa shape index (κ2) is 8.65. The molecule has 5 heteroatoms. The summed E-state index contributed by atoms with van der Waals surface area (Å²) in [6, 6.07) is 0. The Morgan fingerprint density at radius 3 is 2.33 bits per heavy atom. The molecule has 0 rings (SSSR count). The van der Waals surface area contributed by atoms with E-state index in [1.165, 1.54) is 0 Å². The van der Waals surface area contributed by atoms with Gasteiger partial charge in [0.1, 0.15) is 0 Å². The van der Waals surface area contributed by atoms with Crippen molar-refractivity contribution in [1.29, 1.82) is 0 Å². The fourth-order valence-corrected chi connectivity index (χ4v) is 0.640. The van der Waals surface area contributed by atoms with Crippen LogP contribution in [-0.2, 0) is 4.79 Å². The van der Waals surface area contributed by atoms with Crippen LogP contribution >= 0.6 is 0 Å². The first-order chi connectivity index (χ1) is 5.09. The molecule has 1 N–H and O–H groups in total. The number of hydrogen-bond acceptors (Lipinski definition) is 2. The Hall–Kier alpha value is 1.06. The number of nitrogens with one attached hydrogen (secondary N) is 1. The summed E-state index contributed by atoms with van der Waals surface area (Å²) in [5, 5.41) is 2.62. The number of alkyl halides is 2. The van der Waals surface area contributed by atoms with Gasteiger partial charge < -0.3 is 5.32 Å². The van der Waals surface area contributed by atoms with Crippen LogP contribution in [0, 0.1) is 48.9 Å². The van der Waals surface area contributed by atoms with Crippen molar-refractivity contribution in [2.75, 3.05) is 13.1 Å². The van der Waals surface area contributed by atoms with Crippen LogP contribution in [0.3, 0.4) is 0 Å². The molecule has 0 aliphatic rings. The van der Waals surface area contributed by atoms with Gasteiger partial charge in [0.15, 0.2) is 18.1 Å². The molecule has 74 valence electrons. The quantitative estimate of drug-likeness (QED) is 0.815. The number of carbonyl (C=O) groups is 1. The zero-order chi connectivity index (χ0) is 8.85. The predicted molar refractivity (Wildman–Crippen MR) is 39.0 cm³/mol. The number of carbonyl (C=O) groups excluding carboxylic acids is 1. The van der Waals surface area contributed by atoms with Crippen LogP contribution in [0.5, 0.6) is 0 Å². The molecular weight excluding hydrogens is 283 g/mol. The SMILES string of the molecule is CCNCC(F)C(F)C(C)=O.[Xe]. The molecule has 0 spiro atoms. The first kappa shape index (κ1) is 15.5. The summed E-state index contributed by atoms with van der Waals surface area (Å²) in [6.07, 6.45) is -3.69. The maximum absolute atomic E-state index is 12.6. The molecule has 0 aromatic rings. The molecule has 2 atom stereocenters. The van der Waals surface area contributed by atoms with Gasteiger partial charge in [-0.25, -0.2) is 8.78 Å². The van der Waals surface area contributed by atoms with Crippen molar-refractivity contribution in [2.45, 2.75) is 26.2 Å². The molecule has 0 fully saturated rings. The van der Waals surface area contributed by atoms with E-state index in [9.17, 15) is 13.6 Å². The van der Waals surface area contributed by atoms with Gasteiger partial charge in [-0.3, -0.25) is 4.79 Å². The van der Waals surface area contributed by atoms with Crippen LogP contribution in [0.1, 0.15) is 13.8 Å². The van der Waals surface area contributed by atoms with Crippen LogP contribution in [0.2, 0.25) is 0 Å². The summed E-state index contributed by atoms with van der Waals surface area (Å²) in [5.41, 5.74) is 0. The molecular formula is C7H13F2NOXe. The van der Waals surface area contributed by atoms with Gasteiger partial charge in [0.25, 0.3) is 0 Å². The second-order valence-electron chi connectivity index (χ2n) is 2.34. The Labute approximate surface area is 112 Å². The monoisotopic (exact) mass is 297 g/mol. The van der Waals surface area contributed by atoms with Gasteiger partial charge >= 0.3 is 0 Å². The van der Waals surface area contributed by atoms with E-state index in [0.717, 1.165) is 6.92 Å². The maximum Gasteiger partial charge on any atom is 0.190 e. The largest absolute Gasteiger partial charge is 0.314 e. The standard InChI is InChI=1S/C7H13F2NO.Xe/c1-3-10-4-6(8)7(9)5(2)11;/h6-7,10H,3-4H2,1-2H3;. The van der Waals surface area contributed by atoms with E-state index in [1.807, 2.05) is 0 Å². The van der Waals surface area contributed by atoms with Crippen LogP contribution < -0.4 is 5.32 Å². The Kier molecular flexibility index (Phi) is 11.2. The van der Waals surface area contributed by atoms with Crippen molar-refractivity contribution < 1.29 is 62.5 Å². The van der Waals surface area contributed by atoms with Gasteiger partial charge in [0.05, 0.1) is 0 Å². The topological polar surface area (TPSA) is 29.1 Å². The van der Waals surface area contributed by atoms with Crippen LogP contribution in [-0.4, -0.2) is 31.2 Å². The van der Waals surface area contributed by atoms with Crippen molar-refractivity contribution in [3.05, 3.63) is 0 Å². The van der Waals surface area contributed by atoms with Gasteiger partial charge in [-0.05, 0) is 13.5 Å². The Morgan fingerprint density at radius 1 is 1.50 bits per heavy atom. The van der Waals surface area contributed by atoms with Crippen molar-refractivity contribution in [2.24, 2.45) is 0 Å². The van der Waals surface area contributed by atoms with Crippen LogP contribution in [0.25, 0.3) is 0 Å². The van der Waals surface area contributed by atoms with E-state index in [0.29, 0.717) is 6.54 Å². The molecule has 0 aromatic carbocycles. The second-order valence-corrected chi connectivity index (χ2v) is 2.34. The molecule has 2 nitrogen and oxygen atoms in total. The molecule has 0 amide bonds. The predicted octanol–water partition coefficient (Wildman–Crippen LogP) is 0.861. The molecule has 0 radical (unpaired) electrons. The third-order valence-corrected chi connectivity index (χ3v) is 1.30. The summed E-state index contributed by atoms with van der Waals surface area (Å²) in [7, 11) is 0. The third kappa shape index (κ3) is 6.56. The molecule has 0 aromatic heterocycles. The zero-order valence-corrected chi connectivity index (χ0v) is 9.10. The number of hydrogen-bond donors (Lipinski definition) is 1. The molecule has 0 aliphatic carbocycles. The summed E-state index contributed by atoms with van der Waals surface area (Å²) in [5.74, 6) is -0.754. The van der Waals surface area contributed by atoms with E-state index in [2.05, 4.69) is 5.32 Å². The van der Waals surface area contributed by atoms with Crippen LogP contribution in [0.15, 0.2) is 0 Å². The third-order valence-electron chi connectivity index (χ3n) is 1.30. The number of halogens is 2. The fourth-order valence-electron chi connectivity index (χ4n) is 0.640. The van der Waals surface area contributed by atoms with E-state index in [4.69, 9.17) is 0 Å². The summed E-state index contributed by atoms with van der Waals surface area (Å²) in [4.78, 5) is 10.3. The van der Waals surface area contributed by atoms with Crippen molar-refractivity contribution in [3.8, 4) is 0 Å². The minimum atomic E-state index is -1.98. The summed E-state index contributed by atoms with van der Waals surface area (Å²) >= 11 is 0. The zero-order valence-electron chi connectivity index (χ0n) is 7.09. The Balaban J connectivity index is 0. The first-order valence-electron chi connectivity index (χ1n) is 3.59. The van der Waals surface area contributed by atoms with E-state index < -0.39 is 18.1 Å². The fraction of sp³-hybridized carbons (Fsp3) is 0.857. The van der Waals surface area contributed by atoms with Crippen molar-refractivity contribution in [3.63, 3.8) is 0 Å². The number of Topliss-reactive ketones (excluding diaryl/α,β-unsaturated/α-hetero) is 1. The molecule has 0 heterocycles. The summed E-state index contributed by atoms with van der Waals surface area (Å²) < 4.78 is 25.1. The maximum atomic E-state index is 12.6. The molecule has 2 unspecified atom stereocenters. The molecule has 0 saturated carbocycles. The van der Waals surface area contributed by atoms with Gasteiger partial charge in [0, 0.05) is 55.4 Å². The van der Waals surface area contributed by atoms with E-state index in [1.54, 1.807) is 6.92 Å². The summed E-state index contributed by atoms with van der Waals surface area (Å²) in [6.45, 7) is 3.30. The molecule has 12 heavy (non-hydrogen) atoms. The van der Waals surface area contributed by atoms with Crippen molar-refractivity contribution >= 4 is 5.78 Å². The Morgan fingerprint density at radius 2 is 2.00 bits per heavy atom. The first-order valence-corrected chi connectivity index (χ1v) is 3.59. The number of rotatable bonds is 5. The minimum absolute atomic E-state index is 0. The Bertz CT molecular complexity index is 135. The number of ketones is 1. The molecule has 0 saturated heterocycles. The normalized spacial score (nSPS) is 14.7. The average molecular weight is 296 g/mol. The molecule has 0 aliphatic heterocycles. The van der Waals surface area contributed by atoms with Gasteiger partial charge in [-0.1, -0.05) is 6.92 Å². The van der Waals surface area contributed by atoms with E-state index >= 15 is 0 Å². The van der Waals surface area contributed by atoms with Gasteiger partial charge in [-0.15, -0.1) is 0 Å². The van der Waals surface area contributed by atoms with Crippen molar-refractivity contribution in [1.82, 2.24) is 5.32 Å². The minimum Gasteiger partial charge on any atom is -0.314 e. The van der Waals surface area contributed by atoms with Gasteiger partial charge in [-0.2, -0.15) is 0 Å². The smallest absolute Gasteiger partial charge is 0.190 e. The van der Waals surface area contributed by atoms with Gasteiger partial charge in [0.2, 0.25) is 0 Å². The van der Waals surface area contributed by atoms with E-state index in [-0.39, 0.29) is 55.4 Å².